The Labute approximate surface area is 109 Å². The Balaban J connectivity index is 0.00000112. The summed E-state index contributed by atoms with van der Waals surface area (Å²) in [6.45, 7) is 2.27. The van der Waals surface area contributed by atoms with Crippen molar-refractivity contribution in [2.24, 2.45) is 0 Å². The first-order chi connectivity index (χ1) is 6.95. The van der Waals surface area contributed by atoms with Gasteiger partial charge in [0.2, 0.25) is 0 Å². The van der Waals surface area contributed by atoms with Gasteiger partial charge >= 0.3 is 0 Å². The van der Waals surface area contributed by atoms with Crippen LogP contribution in [0.5, 0.6) is 0 Å². The number of hydrogen-bond donors (Lipinski definition) is 1. The van der Waals surface area contributed by atoms with E-state index >= 15 is 0 Å². The van der Waals surface area contributed by atoms with Gasteiger partial charge in [-0.15, -0.1) is 24.8 Å². The van der Waals surface area contributed by atoms with Crippen LogP contribution in [-0.4, -0.2) is 18.1 Å². The molecule has 0 aliphatic carbocycles. The molecule has 0 bridgehead atoms. The van der Waals surface area contributed by atoms with E-state index in [-0.39, 0.29) is 24.8 Å². The molecule has 0 spiro atoms. The lowest BCUT2D eigenvalue weighted by Crippen LogP contribution is -2.13. The molecule has 1 aromatic rings. The van der Waals surface area contributed by atoms with Crippen molar-refractivity contribution in [3.05, 3.63) is 35.7 Å². The summed E-state index contributed by atoms with van der Waals surface area (Å²) in [5.41, 5.74) is 2.77. The molecule has 16 heavy (non-hydrogen) atoms. The first kappa shape index (κ1) is 15.4. The summed E-state index contributed by atoms with van der Waals surface area (Å²) >= 11 is 0. The number of hydrogen-bond acceptors (Lipinski definition) is 2. The third-order valence-corrected chi connectivity index (χ3v) is 2.53. The number of rotatable bonds is 1. The maximum Gasteiger partial charge on any atom is 0.0340 e. The minimum absolute atomic E-state index is 0. The monoisotopic (exact) mass is 260 g/mol. The molecule has 2 heterocycles. The zero-order valence-electron chi connectivity index (χ0n) is 9.19. The van der Waals surface area contributed by atoms with Crippen LogP contribution in [0.4, 0.5) is 0 Å². The summed E-state index contributed by atoms with van der Waals surface area (Å²) < 4.78 is 0. The van der Waals surface area contributed by atoms with Crippen LogP contribution < -0.4 is 5.32 Å². The van der Waals surface area contributed by atoms with Crippen molar-refractivity contribution in [1.29, 1.82) is 0 Å². The summed E-state index contributed by atoms with van der Waals surface area (Å²) in [6.07, 6.45) is 9.67. The molecule has 0 unspecified atom stereocenters. The molecule has 90 valence electrons. The lowest BCUT2D eigenvalue weighted by atomic mass is 10.1. The number of halogens is 2. The van der Waals surface area contributed by atoms with Gasteiger partial charge in [-0.1, -0.05) is 17.7 Å². The third kappa shape index (κ3) is 4.97. The molecular formula is C12H18Cl2N2. The first-order valence-corrected chi connectivity index (χ1v) is 5.25. The molecule has 1 aliphatic rings. The van der Waals surface area contributed by atoms with Crippen LogP contribution in [0.15, 0.2) is 30.1 Å². The van der Waals surface area contributed by atoms with E-state index in [1.165, 1.54) is 24.8 Å². The second kappa shape index (κ2) is 8.57. The minimum atomic E-state index is 0. The molecule has 1 saturated heterocycles. The summed E-state index contributed by atoms with van der Waals surface area (Å²) in [7, 11) is 0. The van der Waals surface area contributed by atoms with Crippen LogP contribution in [0, 0.1) is 0 Å². The van der Waals surface area contributed by atoms with Gasteiger partial charge < -0.3 is 5.32 Å². The van der Waals surface area contributed by atoms with E-state index in [4.69, 9.17) is 0 Å². The summed E-state index contributed by atoms with van der Waals surface area (Å²) in [4.78, 5) is 4.11. The molecule has 2 rings (SSSR count). The molecule has 0 aromatic carbocycles. The Hall–Kier alpha value is -0.570. The van der Waals surface area contributed by atoms with E-state index in [9.17, 15) is 0 Å². The molecule has 1 aromatic heterocycles. The van der Waals surface area contributed by atoms with Crippen LogP contribution in [-0.2, 0) is 0 Å². The topological polar surface area (TPSA) is 24.9 Å². The number of aromatic nitrogens is 1. The summed E-state index contributed by atoms with van der Waals surface area (Å²) in [5.74, 6) is 0. The molecule has 1 aliphatic heterocycles. The van der Waals surface area contributed by atoms with Crippen molar-refractivity contribution in [2.45, 2.75) is 19.3 Å². The van der Waals surface area contributed by atoms with Gasteiger partial charge in [0.15, 0.2) is 0 Å². The van der Waals surface area contributed by atoms with Crippen LogP contribution >= 0.6 is 24.8 Å². The van der Waals surface area contributed by atoms with Gasteiger partial charge in [-0.05, 0) is 44.0 Å². The fourth-order valence-electron chi connectivity index (χ4n) is 1.78. The van der Waals surface area contributed by atoms with E-state index in [1.807, 2.05) is 18.5 Å². The van der Waals surface area contributed by atoms with Crippen molar-refractivity contribution in [3.63, 3.8) is 0 Å². The van der Waals surface area contributed by atoms with Gasteiger partial charge in [-0.2, -0.15) is 0 Å². The Bertz CT molecular complexity index is 302. The Morgan fingerprint density at radius 2 is 2.06 bits per heavy atom. The maximum atomic E-state index is 4.11. The normalized spacial score (nSPS) is 18.1. The molecule has 0 radical (unpaired) electrons. The van der Waals surface area contributed by atoms with Crippen molar-refractivity contribution in [2.75, 3.05) is 13.1 Å². The fourth-order valence-corrected chi connectivity index (χ4v) is 1.78. The molecule has 4 heteroatoms. The van der Waals surface area contributed by atoms with Crippen molar-refractivity contribution < 1.29 is 0 Å². The van der Waals surface area contributed by atoms with E-state index in [0.29, 0.717) is 0 Å². The Kier molecular flexibility index (Phi) is 8.26. The SMILES string of the molecule is C(=C1\CCCNCC1)/c1cccnc1.Cl.Cl. The predicted molar refractivity (Wildman–Crippen MR) is 73.4 cm³/mol. The Morgan fingerprint density at radius 1 is 1.19 bits per heavy atom. The van der Waals surface area contributed by atoms with Crippen LogP contribution in [0.3, 0.4) is 0 Å². The third-order valence-electron chi connectivity index (χ3n) is 2.53. The van der Waals surface area contributed by atoms with Gasteiger partial charge in [0.05, 0.1) is 0 Å². The number of nitrogens with zero attached hydrogens (tertiary/aromatic N) is 1. The Morgan fingerprint density at radius 3 is 2.81 bits per heavy atom. The molecule has 1 N–H and O–H groups in total. The number of pyridine rings is 1. The maximum absolute atomic E-state index is 4.11. The molecule has 2 nitrogen and oxygen atoms in total. The van der Waals surface area contributed by atoms with E-state index < -0.39 is 0 Å². The van der Waals surface area contributed by atoms with Gasteiger partial charge in [0.1, 0.15) is 0 Å². The van der Waals surface area contributed by atoms with Gasteiger partial charge in [0.25, 0.3) is 0 Å². The van der Waals surface area contributed by atoms with Crippen LogP contribution in [0.2, 0.25) is 0 Å². The lowest BCUT2D eigenvalue weighted by molar-refractivity contribution is 0.703. The molecule has 0 amide bonds. The van der Waals surface area contributed by atoms with E-state index in [1.54, 1.807) is 5.57 Å². The summed E-state index contributed by atoms with van der Waals surface area (Å²) in [6, 6.07) is 4.10. The largest absolute Gasteiger partial charge is 0.316 e. The highest BCUT2D eigenvalue weighted by molar-refractivity contribution is 5.85. The van der Waals surface area contributed by atoms with Gasteiger partial charge in [0, 0.05) is 12.4 Å². The van der Waals surface area contributed by atoms with Crippen LogP contribution in [0.25, 0.3) is 6.08 Å². The zero-order chi connectivity index (χ0) is 9.64. The van der Waals surface area contributed by atoms with Crippen molar-refractivity contribution in [3.8, 4) is 0 Å². The highest BCUT2D eigenvalue weighted by atomic mass is 35.5. The fraction of sp³-hybridized carbons (Fsp3) is 0.417. The highest BCUT2D eigenvalue weighted by Crippen LogP contribution is 2.15. The van der Waals surface area contributed by atoms with Gasteiger partial charge in [-0.25, -0.2) is 0 Å². The molecular weight excluding hydrogens is 243 g/mol. The summed E-state index contributed by atoms with van der Waals surface area (Å²) in [5, 5.41) is 3.41. The second-order valence-corrected chi connectivity index (χ2v) is 3.69. The average Bonchev–Trinajstić information content (AvgIpc) is 2.48. The molecule has 1 fully saturated rings. The van der Waals surface area contributed by atoms with Gasteiger partial charge in [-0.3, -0.25) is 4.98 Å². The zero-order valence-corrected chi connectivity index (χ0v) is 10.8. The highest BCUT2D eigenvalue weighted by Gasteiger charge is 2.02. The smallest absolute Gasteiger partial charge is 0.0340 e. The lowest BCUT2D eigenvalue weighted by Gasteiger charge is -2.01. The average molecular weight is 261 g/mol. The van der Waals surface area contributed by atoms with E-state index in [2.05, 4.69) is 22.4 Å². The standard InChI is InChI=1S/C12H16N2.2ClH/c1-3-11(5-8-13-6-1)9-12-4-2-7-14-10-12;;/h2,4,7,9-10,13H,1,3,5-6,8H2;2*1H/b11-9-;;. The molecule has 0 saturated carbocycles. The van der Waals surface area contributed by atoms with Crippen molar-refractivity contribution in [1.82, 2.24) is 10.3 Å². The minimum Gasteiger partial charge on any atom is -0.316 e. The quantitative estimate of drug-likeness (QED) is 0.840. The number of nitrogens with one attached hydrogen (secondary N) is 1. The first-order valence-electron chi connectivity index (χ1n) is 5.25. The predicted octanol–water partition coefficient (Wildman–Crippen LogP) is 3.08. The van der Waals surface area contributed by atoms with Crippen molar-refractivity contribution >= 4 is 30.9 Å². The van der Waals surface area contributed by atoms with Crippen LogP contribution in [0.1, 0.15) is 24.8 Å². The molecule has 0 atom stereocenters. The van der Waals surface area contributed by atoms with E-state index in [0.717, 1.165) is 13.1 Å². The second-order valence-electron chi connectivity index (χ2n) is 3.69.